The summed E-state index contributed by atoms with van der Waals surface area (Å²) in [6.45, 7) is 0.868. The minimum Gasteiger partial charge on any atom is -0.284 e. The third-order valence-electron chi connectivity index (χ3n) is 4.69. The molecule has 0 saturated carbocycles. The number of hydrogen-bond donors (Lipinski definition) is 1. The van der Waals surface area contributed by atoms with Gasteiger partial charge in [0.1, 0.15) is 4.90 Å². The molecule has 3 heterocycles. The van der Waals surface area contributed by atoms with E-state index >= 15 is 0 Å². The first kappa shape index (κ1) is 18.1. The molecular formula is C18H18ClN5O2S. The quantitative estimate of drug-likeness (QED) is 0.722. The Labute approximate surface area is 162 Å². The van der Waals surface area contributed by atoms with Crippen molar-refractivity contribution < 1.29 is 8.42 Å². The van der Waals surface area contributed by atoms with Crippen LogP contribution in [0.25, 0.3) is 11.3 Å². The molecule has 0 amide bonds. The molecule has 1 aliphatic rings. The van der Waals surface area contributed by atoms with Crippen LogP contribution in [0.3, 0.4) is 0 Å². The highest BCUT2D eigenvalue weighted by atomic mass is 35.5. The third-order valence-corrected chi connectivity index (χ3v) is 6.75. The van der Waals surface area contributed by atoms with E-state index in [4.69, 9.17) is 16.6 Å². The molecule has 9 heteroatoms. The minimum atomic E-state index is -3.55. The molecule has 1 aliphatic heterocycles. The number of hydrogen-bond acceptors (Lipinski definition) is 5. The largest absolute Gasteiger partial charge is 0.284 e. The molecule has 0 radical (unpaired) electrons. The number of halogens is 1. The Morgan fingerprint density at radius 2 is 2.11 bits per heavy atom. The molecule has 2 aromatic heterocycles. The van der Waals surface area contributed by atoms with Crippen molar-refractivity contribution in [3.8, 4) is 11.3 Å². The Bertz CT molecular complexity index is 1040. The van der Waals surface area contributed by atoms with Crippen LogP contribution in [-0.2, 0) is 10.0 Å². The van der Waals surface area contributed by atoms with Crippen LogP contribution in [-0.4, -0.2) is 46.0 Å². The molecule has 0 aliphatic carbocycles. The standard InChI is InChI=1S/C18H18ClN5O2S/c19-15-5-1-3-13(7-15)17-10-20-11-18(23-17)14-4-2-6-24(12-14)27(25,26)16-8-21-22-9-16/h1,3,5,7-11,14H,2,4,6,12H2,(H,21,22)/t14-/m1/s1. The van der Waals surface area contributed by atoms with Crippen molar-refractivity contribution >= 4 is 21.6 Å². The van der Waals surface area contributed by atoms with Crippen LogP contribution < -0.4 is 0 Å². The van der Waals surface area contributed by atoms with Crippen molar-refractivity contribution in [1.29, 1.82) is 0 Å². The summed E-state index contributed by atoms with van der Waals surface area (Å²) in [5.74, 6) is -0.00735. The average Bonchev–Trinajstić information content (AvgIpc) is 3.24. The second-order valence-corrected chi connectivity index (χ2v) is 8.85. The zero-order valence-corrected chi connectivity index (χ0v) is 16.0. The number of H-pyrrole nitrogens is 1. The van der Waals surface area contributed by atoms with E-state index in [2.05, 4.69) is 15.2 Å². The monoisotopic (exact) mass is 403 g/mol. The summed E-state index contributed by atoms with van der Waals surface area (Å²) in [7, 11) is -3.55. The lowest BCUT2D eigenvalue weighted by Crippen LogP contribution is -2.39. The molecule has 0 bridgehead atoms. The summed E-state index contributed by atoms with van der Waals surface area (Å²) >= 11 is 6.07. The first-order valence-corrected chi connectivity index (χ1v) is 10.4. The predicted octanol–water partition coefficient (Wildman–Crippen LogP) is 3.09. The van der Waals surface area contributed by atoms with Crippen LogP contribution in [0.5, 0.6) is 0 Å². The van der Waals surface area contributed by atoms with Crippen molar-refractivity contribution in [2.75, 3.05) is 13.1 Å². The van der Waals surface area contributed by atoms with Gasteiger partial charge >= 0.3 is 0 Å². The van der Waals surface area contributed by atoms with E-state index in [0.717, 1.165) is 29.8 Å². The summed E-state index contributed by atoms with van der Waals surface area (Å²) in [4.78, 5) is 9.22. The number of benzene rings is 1. The third kappa shape index (κ3) is 3.73. The Morgan fingerprint density at radius 1 is 1.22 bits per heavy atom. The van der Waals surface area contributed by atoms with Gasteiger partial charge in [-0.25, -0.2) is 13.4 Å². The van der Waals surface area contributed by atoms with Gasteiger partial charge in [-0.15, -0.1) is 0 Å². The molecule has 7 nitrogen and oxygen atoms in total. The van der Waals surface area contributed by atoms with Crippen LogP contribution in [0, 0.1) is 0 Å². The van der Waals surface area contributed by atoms with E-state index in [1.54, 1.807) is 12.4 Å². The lowest BCUT2D eigenvalue weighted by molar-refractivity contribution is 0.312. The fourth-order valence-electron chi connectivity index (χ4n) is 3.30. The molecule has 1 N–H and O–H groups in total. The zero-order valence-electron chi connectivity index (χ0n) is 14.4. The van der Waals surface area contributed by atoms with Gasteiger partial charge in [-0.3, -0.25) is 10.1 Å². The van der Waals surface area contributed by atoms with Crippen LogP contribution in [0.15, 0.2) is 53.9 Å². The summed E-state index contributed by atoms with van der Waals surface area (Å²) in [6, 6.07) is 7.44. The molecule has 1 saturated heterocycles. The number of nitrogens with one attached hydrogen (secondary N) is 1. The maximum Gasteiger partial charge on any atom is 0.246 e. The highest BCUT2D eigenvalue weighted by Crippen LogP contribution is 2.30. The molecule has 1 atom stereocenters. The van der Waals surface area contributed by atoms with Gasteiger partial charge in [0.05, 0.1) is 23.8 Å². The number of nitrogens with zero attached hydrogens (tertiary/aromatic N) is 4. The Kier molecular flexibility index (Phi) is 4.94. The Balaban J connectivity index is 1.60. The van der Waals surface area contributed by atoms with Gasteiger partial charge in [-0.05, 0) is 25.0 Å². The molecule has 3 aromatic rings. The number of aromatic amines is 1. The summed E-state index contributed by atoms with van der Waals surface area (Å²) in [6.07, 6.45) is 7.78. The zero-order chi connectivity index (χ0) is 18.9. The van der Waals surface area contributed by atoms with E-state index in [1.807, 2.05) is 24.3 Å². The van der Waals surface area contributed by atoms with Crippen LogP contribution in [0.1, 0.15) is 24.5 Å². The molecule has 27 heavy (non-hydrogen) atoms. The number of piperidine rings is 1. The van der Waals surface area contributed by atoms with Gasteiger partial charge in [0.15, 0.2) is 0 Å². The van der Waals surface area contributed by atoms with Crippen LogP contribution >= 0.6 is 11.6 Å². The minimum absolute atomic E-state index is 0.00735. The summed E-state index contributed by atoms with van der Waals surface area (Å²) in [5, 5.41) is 6.94. The maximum atomic E-state index is 12.8. The van der Waals surface area contributed by atoms with E-state index in [1.165, 1.54) is 16.7 Å². The van der Waals surface area contributed by atoms with E-state index in [-0.39, 0.29) is 10.8 Å². The highest BCUT2D eigenvalue weighted by Gasteiger charge is 2.32. The van der Waals surface area contributed by atoms with Crippen molar-refractivity contribution in [2.24, 2.45) is 0 Å². The summed E-state index contributed by atoms with van der Waals surface area (Å²) < 4.78 is 27.0. The number of rotatable bonds is 4. The first-order chi connectivity index (χ1) is 13.0. The fourth-order valence-corrected chi connectivity index (χ4v) is 4.92. The van der Waals surface area contributed by atoms with E-state index < -0.39 is 10.0 Å². The predicted molar refractivity (Wildman–Crippen MR) is 102 cm³/mol. The van der Waals surface area contributed by atoms with Crippen LogP contribution in [0.2, 0.25) is 5.02 Å². The second-order valence-electron chi connectivity index (χ2n) is 6.48. The highest BCUT2D eigenvalue weighted by molar-refractivity contribution is 7.89. The molecule has 4 rings (SSSR count). The lowest BCUT2D eigenvalue weighted by Gasteiger charge is -2.31. The number of sulfonamides is 1. The maximum absolute atomic E-state index is 12.8. The molecular weight excluding hydrogens is 386 g/mol. The van der Waals surface area contributed by atoms with Gasteiger partial charge in [0, 0.05) is 42.0 Å². The molecule has 1 fully saturated rings. The van der Waals surface area contributed by atoms with E-state index in [9.17, 15) is 8.42 Å². The molecule has 0 spiro atoms. The van der Waals surface area contributed by atoms with Gasteiger partial charge in [0.2, 0.25) is 10.0 Å². The Hall–Kier alpha value is -2.29. The first-order valence-electron chi connectivity index (χ1n) is 8.61. The SMILES string of the molecule is O=S(=O)(c1cn[nH]c1)N1CCC[C@@H](c2cncc(-c3cccc(Cl)c3)n2)C1. The molecule has 140 valence electrons. The van der Waals surface area contributed by atoms with Crippen molar-refractivity contribution in [3.63, 3.8) is 0 Å². The van der Waals surface area contributed by atoms with Gasteiger partial charge in [-0.2, -0.15) is 9.40 Å². The van der Waals surface area contributed by atoms with Gasteiger partial charge in [0.25, 0.3) is 0 Å². The van der Waals surface area contributed by atoms with Crippen molar-refractivity contribution in [2.45, 2.75) is 23.7 Å². The molecule has 1 aromatic carbocycles. The smallest absolute Gasteiger partial charge is 0.246 e. The topological polar surface area (TPSA) is 91.8 Å². The van der Waals surface area contributed by atoms with Crippen molar-refractivity contribution in [1.82, 2.24) is 24.5 Å². The van der Waals surface area contributed by atoms with Crippen molar-refractivity contribution in [3.05, 3.63) is 59.8 Å². The Morgan fingerprint density at radius 3 is 2.89 bits per heavy atom. The number of aromatic nitrogens is 4. The summed E-state index contributed by atoms with van der Waals surface area (Å²) in [5.41, 5.74) is 2.40. The average molecular weight is 404 g/mol. The molecule has 0 unspecified atom stereocenters. The normalized spacial score (nSPS) is 18.5. The van der Waals surface area contributed by atoms with Crippen LogP contribution in [0.4, 0.5) is 0 Å². The second kappa shape index (κ2) is 7.38. The van der Waals surface area contributed by atoms with E-state index in [0.29, 0.717) is 18.1 Å². The fraction of sp³-hybridized carbons (Fsp3) is 0.278. The van der Waals surface area contributed by atoms with Gasteiger partial charge in [-0.1, -0.05) is 23.7 Å². The van der Waals surface area contributed by atoms with Gasteiger partial charge < -0.3 is 0 Å². The lowest BCUT2D eigenvalue weighted by atomic mass is 9.96.